The van der Waals surface area contributed by atoms with Gasteiger partial charge in [0.05, 0.1) is 5.69 Å². The fraction of sp³-hybridized carbons (Fsp3) is 0. The molecule has 2 rings (SSSR count). The molecule has 0 aromatic rings. The minimum atomic E-state index is -0.186. The summed E-state index contributed by atoms with van der Waals surface area (Å²) in [4.78, 5) is 14.7. The lowest BCUT2D eigenvalue weighted by atomic mass is 10.2. The summed E-state index contributed by atoms with van der Waals surface area (Å²) in [7, 11) is 0. The minimum absolute atomic E-state index is 0.186. The summed E-state index contributed by atoms with van der Waals surface area (Å²) in [6.45, 7) is 0. The molecule has 2 aliphatic rings. The Labute approximate surface area is 69.9 Å². The molecule has 0 radical (unpaired) electrons. The summed E-state index contributed by atoms with van der Waals surface area (Å²) in [6.07, 6.45) is 0. The van der Waals surface area contributed by atoms with Gasteiger partial charge in [-0.2, -0.15) is 0 Å². The molecule has 0 aromatic carbocycles. The monoisotopic (exact) mass is 157 g/mol. The van der Waals surface area contributed by atoms with Crippen LogP contribution in [0.5, 0.6) is 0 Å². The number of aromatic nitrogens is 1. The van der Waals surface area contributed by atoms with Gasteiger partial charge in [-0.3, -0.25) is 4.79 Å². The van der Waals surface area contributed by atoms with E-state index >= 15 is 0 Å². The highest BCUT2D eigenvalue weighted by atomic mass is 16.1. The zero-order chi connectivity index (χ0) is 8.39. The van der Waals surface area contributed by atoms with Gasteiger partial charge in [-0.05, 0) is 12.1 Å². The maximum Gasteiger partial charge on any atom is 0.270 e. The van der Waals surface area contributed by atoms with Crippen LogP contribution in [0.15, 0.2) is 47.3 Å². The average molecular weight is 157 g/mol. The van der Waals surface area contributed by atoms with E-state index in [1.165, 1.54) is 6.07 Å². The van der Waals surface area contributed by atoms with Crippen LogP contribution in [0.25, 0.3) is 11.3 Å². The topological polar surface area (TPSA) is 30.0 Å². The van der Waals surface area contributed by atoms with E-state index in [0.29, 0.717) is 0 Å². The maximum atomic E-state index is 10.9. The lowest BCUT2D eigenvalue weighted by molar-refractivity contribution is 1.24. The Balaban J connectivity index is 2.82. The summed E-state index contributed by atoms with van der Waals surface area (Å²) in [5.74, 6) is 0. The third-order valence-corrected chi connectivity index (χ3v) is 1.68. The third-order valence-electron chi connectivity index (χ3n) is 1.68. The normalized spacial score (nSPS) is 10.0. The Bertz CT molecular complexity index is 425. The van der Waals surface area contributed by atoms with E-state index < -0.39 is 0 Å². The smallest absolute Gasteiger partial charge is 0.267 e. The Kier molecular flexibility index (Phi) is 1.59. The highest BCUT2D eigenvalue weighted by Gasteiger charge is 1.98. The van der Waals surface area contributed by atoms with E-state index in [-0.39, 0.29) is 5.56 Å². The van der Waals surface area contributed by atoms with Crippen molar-refractivity contribution in [1.29, 1.82) is 0 Å². The minimum Gasteiger partial charge on any atom is -0.267 e. The molecule has 1 aliphatic carbocycles. The van der Waals surface area contributed by atoms with Crippen LogP contribution >= 0.6 is 0 Å². The van der Waals surface area contributed by atoms with Crippen LogP contribution < -0.4 is 5.56 Å². The fourth-order valence-corrected chi connectivity index (χ4v) is 1.11. The molecular weight excluding hydrogens is 150 g/mol. The molecule has 0 saturated heterocycles. The van der Waals surface area contributed by atoms with Crippen molar-refractivity contribution in [3.05, 3.63) is 52.8 Å². The van der Waals surface area contributed by atoms with Gasteiger partial charge in [0.25, 0.3) is 5.56 Å². The first-order valence-electron chi connectivity index (χ1n) is 3.72. The number of nitrogens with zero attached hydrogens (tertiary/aromatic N) is 1. The van der Waals surface area contributed by atoms with E-state index in [0.717, 1.165) is 11.3 Å². The first kappa shape index (κ1) is 6.98. The second-order valence-electron chi connectivity index (χ2n) is 2.53. The zero-order valence-corrected chi connectivity index (χ0v) is 6.40. The SMILES string of the molecule is O=c1ccc2cccccc-2n1. The van der Waals surface area contributed by atoms with Crippen molar-refractivity contribution in [2.24, 2.45) is 0 Å². The largest absolute Gasteiger partial charge is 0.270 e. The van der Waals surface area contributed by atoms with Crippen molar-refractivity contribution in [3.63, 3.8) is 0 Å². The van der Waals surface area contributed by atoms with Crippen molar-refractivity contribution < 1.29 is 0 Å². The van der Waals surface area contributed by atoms with Gasteiger partial charge < -0.3 is 0 Å². The van der Waals surface area contributed by atoms with Crippen molar-refractivity contribution in [2.75, 3.05) is 0 Å². The molecule has 0 fully saturated rings. The molecule has 0 saturated carbocycles. The van der Waals surface area contributed by atoms with Crippen molar-refractivity contribution in [1.82, 2.24) is 4.98 Å². The number of hydrogen-bond donors (Lipinski definition) is 0. The number of rotatable bonds is 0. The van der Waals surface area contributed by atoms with Gasteiger partial charge in [-0.1, -0.05) is 24.3 Å². The molecule has 0 unspecified atom stereocenters. The lowest BCUT2D eigenvalue weighted by Gasteiger charge is -1.94. The molecule has 1 heterocycles. The molecule has 12 heavy (non-hydrogen) atoms. The van der Waals surface area contributed by atoms with Gasteiger partial charge in [0.1, 0.15) is 0 Å². The Morgan fingerprint density at radius 2 is 1.75 bits per heavy atom. The van der Waals surface area contributed by atoms with E-state index in [9.17, 15) is 4.79 Å². The number of hydrogen-bond acceptors (Lipinski definition) is 2. The molecule has 2 nitrogen and oxygen atoms in total. The molecule has 0 aromatic heterocycles. The van der Waals surface area contributed by atoms with Crippen LogP contribution in [-0.4, -0.2) is 4.98 Å². The zero-order valence-electron chi connectivity index (χ0n) is 6.40. The van der Waals surface area contributed by atoms with E-state index in [1.807, 2.05) is 30.3 Å². The van der Waals surface area contributed by atoms with Gasteiger partial charge in [-0.25, -0.2) is 4.98 Å². The Hall–Kier alpha value is -1.70. The summed E-state index contributed by atoms with van der Waals surface area (Å²) in [5.41, 5.74) is 1.54. The molecule has 58 valence electrons. The molecule has 0 atom stereocenters. The average Bonchev–Trinajstić information content (AvgIpc) is 2.28. The van der Waals surface area contributed by atoms with Crippen LogP contribution in [0.3, 0.4) is 0 Å². The van der Waals surface area contributed by atoms with E-state index in [2.05, 4.69) is 4.98 Å². The second-order valence-corrected chi connectivity index (χ2v) is 2.53. The molecule has 0 spiro atoms. The highest BCUT2D eigenvalue weighted by Crippen LogP contribution is 2.13. The fourth-order valence-electron chi connectivity index (χ4n) is 1.11. The second kappa shape index (κ2) is 2.74. The van der Waals surface area contributed by atoms with Gasteiger partial charge in [0.15, 0.2) is 0 Å². The summed E-state index contributed by atoms with van der Waals surface area (Å²) < 4.78 is 0. The van der Waals surface area contributed by atoms with Crippen LogP contribution in [0.1, 0.15) is 0 Å². The van der Waals surface area contributed by atoms with Crippen LogP contribution in [0.2, 0.25) is 0 Å². The molecule has 0 N–H and O–H groups in total. The summed E-state index contributed by atoms with van der Waals surface area (Å²) >= 11 is 0. The quantitative estimate of drug-likeness (QED) is 0.580. The maximum absolute atomic E-state index is 10.9. The van der Waals surface area contributed by atoms with Gasteiger partial charge >= 0.3 is 0 Å². The number of fused-ring (bicyclic) bond motifs is 1. The molecular formula is C10H7NO. The van der Waals surface area contributed by atoms with Crippen molar-refractivity contribution in [2.45, 2.75) is 0 Å². The highest BCUT2D eigenvalue weighted by molar-refractivity contribution is 5.58. The van der Waals surface area contributed by atoms with Crippen LogP contribution in [0, 0.1) is 0 Å². The molecule has 1 aliphatic heterocycles. The molecule has 0 amide bonds. The summed E-state index contributed by atoms with van der Waals surface area (Å²) in [5, 5.41) is 0. The lowest BCUT2D eigenvalue weighted by Crippen LogP contribution is -2.03. The van der Waals surface area contributed by atoms with E-state index in [1.54, 1.807) is 6.07 Å². The van der Waals surface area contributed by atoms with Crippen molar-refractivity contribution >= 4 is 0 Å². The standard InChI is InChI=1S/C10H7NO/c12-10-7-6-8-4-2-1-3-5-9(8)11-10/h1-7H. The van der Waals surface area contributed by atoms with Crippen LogP contribution in [0.4, 0.5) is 0 Å². The predicted molar refractivity (Wildman–Crippen MR) is 47.1 cm³/mol. The third kappa shape index (κ3) is 1.19. The Morgan fingerprint density at radius 1 is 0.917 bits per heavy atom. The summed E-state index contributed by atoms with van der Waals surface area (Å²) in [6, 6.07) is 12.7. The van der Waals surface area contributed by atoms with Gasteiger partial charge in [0, 0.05) is 11.6 Å². The molecule has 0 bridgehead atoms. The van der Waals surface area contributed by atoms with Gasteiger partial charge in [0.2, 0.25) is 0 Å². The van der Waals surface area contributed by atoms with Crippen molar-refractivity contribution in [3.8, 4) is 11.3 Å². The van der Waals surface area contributed by atoms with E-state index in [4.69, 9.17) is 0 Å². The Morgan fingerprint density at radius 3 is 2.67 bits per heavy atom. The number of pyridine rings is 1. The van der Waals surface area contributed by atoms with Crippen LogP contribution in [-0.2, 0) is 0 Å². The predicted octanol–water partition coefficient (Wildman–Crippen LogP) is 1.55. The first-order valence-corrected chi connectivity index (χ1v) is 3.72. The molecule has 2 heteroatoms. The first-order chi connectivity index (χ1) is 5.86. The van der Waals surface area contributed by atoms with Gasteiger partial charge in [-0.15, -0.1) is 0 Å².